The van der Waals surface area contributed by atoms with Crippen molar-refractivity contribution in [3.05, 3.63) is 65.2 Å². The van der Waals surface area contributed by atoms with Crippen LogP contribution < -0.4 is 0 Å². The fourth-order valence-electron chi connectivity index (χ4n) is 2.66. The molecule has 20 heavy (non-hydrogen) atoms. The molecule has 2 aromatic carbocycles. The number of fused-ring (bicyclic) bond motifs is 1. The molecule has 0 saturated heterocycles. The van der Waals surface area contributed by atoms with Gasteiger partial charge in [-0.2, -0.15) is 0 Å². The molecule has 1 aliphatic rings. The van der Waals surface area contributed by atoms with Crippen LogP contribution in [0.3, 0.4) is 0 Å². The van der Waals surface area contributed by atoms with Gasteiger partial charge in [0.05, 0.1) is 5.56 Å². The Balaban J connectivity index is 1.86. The SMILES string of the molecule is CSc1ccccc1C(=O)N1CCc2ccccc2C1. The van der Waals surface area contributed by atoms with E-state index >= 15 is 0 Å². The van der Waals surface area contributed by atoms with Crippen LogP contribution in [0.1, 0.15) is 21.5 Å². The molecule has 0 unspecified atom stereocenters. The van der Waals surface area contributed by atoms with Crippen LogP contribution in [0.15, 0.2) is 53.4 Å². The van der Waals surface area contributed by atoms with Crippen LogP contribution in [0.5, 0.6) is 0 Å². The van der Waals surface area contributed by atoms with Crippen LogP contribution in [0.25, 0.3) is 0 Å². The van der Waals surface area contributed by atoms with E-state index in [1.165, 1.54) is 11.1 Å². The fraction of sp³-hybridized carbons (Fsp3) is 0.235. The first-order chi connectivity index (χ1) is 9.79. The van der Waals surface area contributed by atoms with Crippen molar-refractivity contribution in [3.8, 4) is 0 Å². The van der Waals surface area contributed by atoms with Gasteiger partial charge in [0.15, 0.2) is 0 Å². The standard InChI is InChI=1S/C17H17NOS/c1-20-16-9-5-4-8-15(16)17(19)18-11-10-13-6-2-3-7-14(13)12-18/h2-9H,10-12H2,1H3. The fourth-order valence-corrected chi connectivity index (χ4v) is 3.25. The van der Waals surface area contributed by atoms with Crippen molar-refractivity contribution in [2.75, 3.05) is 12.8 Å². The van der Waals surface area contributed by atoms with Crippen molar-refractivity contribution in [2.45, 2.75) is 17.9 Å². The normalized spacial score (nSPS) is 13.9. The predicted octanol–water partition coefficient (Wildman–Crippen LogP) is 3.61. The Labute approximate surface area is 123 Å². The van der Waals surface area contributed by atoms with Crippen LogP contribution >= 0.6 is 11.8 Å². The van der Waals surface area contributed by atoms with Gasteiger partial charge < -0.3 is 4.90 Å². The molecular formula is C17H17NOS. The number of carbonyl (C=O) groups excluding carboxylic acids is 1. The van der Waals surface area contributed by atoms with Crippen LogP contribution in [0.4, 0.5) is 0 Å². The number of rotatable bonds is 2. The van der Waals surface area contributed by atoms with Gasteiger partial charge in [-0.15, -0.1) is 11.8 Å². The van der Waals surface area contributed by atoms with E-state index in [1.54, 1.807) is 11.8 Å². The van der Waals surface area contributed by atoms with Crippen molar-refractivity contribution < 1.29 is 4.79 Å². The Kier molecular flexibility index (Phi) is 3.79. The summed E-state index contributed by atoms with van der Waals surface area (Å²) in [4.78, 5) is 15.7. The molecule has 0 saturated carbocycles. The lowest BCUT2D eigenvalue weighted by atomic mass is 9.99. The zero-order chi connectivity index (χ0) is 13.9. The number of amides is 1. The summed E-state index contributed by atoms with van der Waals surface area (Å²) in [5.41, 5.74) is 3.46. The van der Waals surface area contributed by atoms with E-state index in [9.17, 15) is 4.79 Å². The van der Waals surface area contributed by atoms with E-state index in [0.717, 1.165) is 30.0 Å². The molecular weight excluding hydrogens is 266 g/mol. The molecule has 0 bridgehead atoms. The van der Waals surface area contributed by atoms with E-state index in [0.29, 0.717) is 0 Å². The molecule has 1 amide bonds. The first kappa shape index (κ1) is 13.3. The minimum atomic E-state index is 0.143. The third kappa shape index (κ3) is 2.46. The van der Waals surface area contributed by atoms with E-state index in [1.807, 2.05) is 41.5 Å². The van der Waals surface area contributed by atoms with Gasteiger partial charge >= 0.3 is 0 Å². The zero-order valence-electron chi connectivity index (χ0n) is 11.5. The van der Waals surface area contributed by atoms with Crippen LogP contribution in [-0.4, -0.2) is 23.6 Å². The number of benzene rings is 2. The number of carbonyl (C=O) groups is 1. The number of hydrogen-bond donors (Lipinski definition) is 0. The van der Waals surface area contributed by atoms with Gasteiger partial charge in [-0.1, -0.05) is 36.4 Å². The molecule has 0 spiro atoms. The summed E-state index contributed by atoms with van der Waals surface area (Å²) >= 11 is 1.63. The molecule has 0 aromatic heterocycles. The molecule has 1 aliphatic heterocycles. The average Bonchev–Trinajstić information content (AvgIpc) is 2.53. The van der Waals surface area contributed by atoms with Crippen molar-refractivity contribution >= 4 is 17.7 Å². The lowest BCUT2D eigenvalue weighted by molar-refractivity contribution is 0.0731. The largest absolute Gasteiger partial charge is 0.334 e. The molecule has 102 valence electrons. The third-order valence-corrected chi connectivity index (χ3v) is 4.55. The highest BCUT2D eigenvalue weighted by atomic mass is 32.2. The molecule has 0 radical (unpaired) electrons. The predicted molar refractivity (Wildman–Crippen MR) is 83.1 cm³/mol. The Morgan fingerprint density at radius 3 is 2.55 bits per heavy atom. The van der Waals surface area contributed by atoms with E-state index in [4.69, 9.17) is 0 Å². The minimum absolute atomic E-state index is 0.143. The maximum absolute atomic E-state index is 12.7. The molecule has 2 nitrogen and oxygen atoms in total. The van der Waals surface area contributed by atoms with Crippen molar-refractivity contribution in [1.29, 1.82) is 0 Å². The van der Waals surface area contributed by atoms with Gasteiger partial charge in [-0.05, 0) is 35.9 Å². The number of hydrogen-bond acceptors (Lipinski definition) is 2. The van der Waals surface area contributed by atoms with Gasteiger partial charge in [0.25, 0.3) is 5.91 Å². The smallest absolute Gasteiger partial charge is 0.255 e. The van der Waals surface area contributed by atoms with Crippen LogP contribution in [0, 0.1) is 0 Å². The molecule has 0 N–H and O–H groups in total. The topological polar surface area (TPSA) is 20.3 Å². The lowest BCUT2D eigenvalue weighted by Gasteiger charge is -2.29. The second-order valence-corrected chi connectivity index (χ2v) is 5.79. The van der Waals surface area contributed by atoms with Crippen molar-refractivity contribution in [1.82, 2.24) is 4.90 Å². The minimum Gasteiger partial charge on any atom is -0.334 e. The highest BCUT2D eigenvalue weighted by Crippen LogP contribution is 2.24. The molecule has 2 aromatic rings. The second-order valence-electron chi connectivity index (χ2n) is 4.95. The quantitative estimate of drug-likeness (QED) is 0.785. The van der Waals surface area contributed by atoms with Gasteiger partial charge in [0.2, 0.25) is 0 Å². The maximum Gasteiger partial charge on any atom is 0.255 e. The van der Waals surface area contributed by atoms with Crippen LogP contribution in [-0.2, 0) is 13.0 Å². The van der Waals surface area contributed by atoms with E-state index in [-0.39, 0.29) is 5.91 Å². The molecule has 1 heterocycles. The summed E-state index contributed by atoms with van der Waals surface area (Å²) in [6, 6.07) is 16.2. The van der Waals surface area contributed by atoms with Gasteiger partial charge in [0, 0.05) is 18.0 Å². The summed E-state index contributed by atoms with van der Waals surface area (Å²) < 4.78 is 0. The molecule has 0 fully saturated rings. The third-order valence-electron chi connectivity index (χ3n) is 3.76. The van der Waals surface area contributed by atoms with Gasteiger partial charge in [0.1, 0.15) is 0 Å². The van der Waals surface area contributed by atoms with Gasteiger partial charge in [-0.25, -0.2) is 0 Å². The first-order valence-corrected chi connectivity index (χ1v) is 8.01. The Morgan fingerprint density at radius 1 is 1.05 bits per heavy atom. The van der Waals surface area contributed by atoms with E-state index in [2.05, 4.69) is 18.2 Å². The first-order valence-electron chi connectivity index (χ1n) is 6.78. The van der Waals surface area contributed by atoms with Crippen LogP contribution in [0.2, 0.25) is 0 Å². The Morgan fingerprint density at radius 2 is 1.75 bits per heavy atom. The summed E-state index contributed by atoms with van der Waals surface area (Å²) in [5.74, 6) is 0.143. The molecule has 3 rings (SSSR count). The Hall–Kier alpha value is -1.74. The van der Waals surface area contributed by atoms with Crippen molar-refractivity contribution in [2.24, 2.45) is 0 Å². The summed E-state index contributed by atoms with van der Waals surface area (Å²) in [6.45, 7) is 1.52. The zero-order valence-corrected chi connectivity index (χ0v) is 12.3. The molecule has 0 aliphatic carbocycles. The monoisotopic (exact) mass is 283 g/mol. The maximum atomic E-state index is 12.7. The lowest BCUT2D eigenvalue weighted by Crippen LogP contribution is -2.36. The second kappa shape index (κ2) is 5.71. The summed E-state index contributed by atoms with van der Waals surface area (Å²) in [7, 11) is 0. The summed E-state index contributed by atoms with van der Waals surface area (Å²) in [5, 5.41) is 0. The number of thioether (sulfide) groups is 1. The highest BCUT2D eigenvalue weighted by Gasteiger charge is 2.22. The highest BCUT2D eigenvalue weighted by molar-refractivity contribution is 7.98. The van der Waals surface area contributed by atoms with E-state index < -0.39 is 0 Å². The van der Waals surface area contributed by atoms with Crippen molar-refractivity contribution in [3.63, 3.8) is 0 Å². The Bertz CT molecular complexity index is 638. The van der Waals surface area contributed by atoms with Gasteiger partial charge in [-0.3, -0.25) is 4.79 Å². The average molecular weight is 283 g/mol. The summed E-state index contributed by atoms with van der Waals surface area (Å²) in [6.07, 6.45) is 2.96. The molecule has 0 atom stereocenters. The number of nitrogens with zero attached hydrogens (tertiary/aromatic N) is 1. The molecule has 3 heteroatoms.